The molecule has 7 nitrogen and oxygen atoms in total. The van der Waals surface area contributed by atoms with Gasteiger partial charge in [0.2, 0.25) is 0 Å². The van der Waals surface area contributed by atoms with Gasteiger partial charge < -0.3 is 19.9 Å². The van der Waals surface area contributed by atoms with E-state index in [9.17, 15) is 9.59 Å². The van der Waals surface area contributed by atoms with E-state index in [0.717, 1.165) is 29.4 Å². The van der Waals surface area contributed by atoms with Gasteiger partial charge in [0.25, 0.3) is 0 Å². The highest BCUT2D eigenvalue weighted by molar-refractivity contribution is 5.89. The molecule has 0 saturated carbocycles. The molecule has 7 heteroatoms. The normalized spacial score (nSPS) is 26.1. The van der Waals surface area contributed by atoms with Crippen LogP contribution in [0.5, 0.6) is 0 Å². The molecule has 1 aromatic carbocycles. The number of amides is 2. The highest BCUT2D eigenvalue weighted by Crippen LogP contribution is 2.48. The number of nitrogens with zero attached hydrogens (tertiary/aromatic N) is 2. The van der Waals surface area contributed by atoms with Crippen molar-refractivity contribution in [2.75, 3.05) is 26.7 Å². The molecule has 0 spiro atoms. The fraction of sp³-hybridized carbons (Fsp3) is 0.545. The first-order valence-electron chi connectivity index (χ1n) is 10.4. The van der Waals surface area contributed by atoms with Crippen LogP contribution in [0.1, 0.15) is 38.3 Å². The number of benzene rings is 1. The summed E-state index contributed by atoms with van der Waals surface area (Å²) in [4.78, 5) is 32.3. The molecule has 29 heavy (non-hydrogen) atoms. The minimum absolute atomic E-state index is 0.0295. The van der Waals surface area contributed by atoms with Crippen LogP contribution >= 0.6 is 0 Å². The number of aromatic nitrogens is 1. The van der Waals surface area contributed by atoms with Gasteiger partial charge in [0, 0.05) is 61.7 Å². The van der Waals surface area contributed by atoms with Crippen molar-refractivity contribution in [3.63, 3.8) is 0 Å². The fourth-order valence-electron chi connectivity index (χ4n) is 5.28. The average Bonchev–Trinajstić information content (AvgIpc) is 3.08. The van der Waals surface area contributed by atoms with Gasteiger partial charge in [-0.3, -0.25) is 9.69 Å². The number of nitrogens with one attached hydrogen (secondary N) is 2. The summed E-state index contributed by atoms with van der Waals surface area (Å²) in [5, 5.41) is 4.33. The predicted molar refractivity (Wildman–Crippen MR) is 112 cm³/mol. The number of piperidine rings is 1. The molecule has 4 rings (SSSR count). The van der Waals surface area contributed by atoms with Crippen molar-refractivity contribution >= 4 is 22.9 Å². The molecule has 1 aliphatic heterocycles. The molecular formula is C22H30N4O3. The topological polar surface area (TPSA) is 77.7 Å². The first kappa shape index (κ1) is 19.8. The second-order valence-corrected chi connectivity index (χ2v) is 8.21. The third kappa shape index (κ3) is 3.17. The highest BCUT2D eigenvalue weighted by atomic mass is 16.6. The summed E-state index contributed by atoms with van der Waals surface area (Å²) in [5.41, 5.74) is 2.56. The van der Waals surface area contributed by atoms with Crippen molar-refractivity contribution in [3.05, 3.63) is 35.5 Å². The van der Waals surface area contributed by atoms with Gasteiger partial charge in [-0.15, -0.1) is 0 Å². The lowest BCUT2D eigenvalue weighted by molar-refractivity contribution is -0.175. The summed E-state index contributed by atoms with van der Waals surface area (Å²) < 4.78 is 6.14. The van der Waals surface area contributed by atoms with E-state index in [1.807, 2.05) is 19.9 Å². The van der Waals surface area contributed by atoms with E-state index < -0.39 is 5.60 Å². The number of aromatic amines is 1. The van der Waals surface area contributed by atoms with Crippen molar-refractivity contribution in [1.29, 1.82) is 0 Å². The lowest BCUT2D eigenvalue weighted by atomic mass is 9.70. The van der Waals surface area contributed by atoms with Crippen LogP contribution in [0.15, 0.2) is 24.4 Å². The molecule has 1 aliphatic carbocycles. The van der Waals surface area contributed by atoms with Crippen LogP contribution in [0.4, 0.5) is 4.79 Å². The second kappa shape index (κ2) is 7.37. The largest absolute Gasteiger partial charge is 0.453 e. The summed E-state index contributed by atoms with van der Waals surface area (Å²) >= 11 is 0. The Labute approximate surface area is 171 Å². The summed E-state index contributed by atoms with van der Waals surface area (Å²) in [6.45, 7) is 7.46. The molecule has 156 valence electrons. The Bertz CT molecular complexity index is 935. The highest BCUT2D eigenvalue weighted by Gasteiger charge is 2.54. The summed E-state index contributed by atoms with van der Waals surface area (Å²) in [6.07, 6.45) is 3.43. The zero-order chi connectivity index (χ0) is 20.8. The number of H-pyrrole nitrogens is 1. The minimum atomic E-state index is -0.783. The summed E-state index contributed by atoms with van der Waals surface area (Å²) in [7, 11) is 2.05. The fourth-order valence-corrected chi connectivity index (χ4v) is 5.28. The van der Waals surface area contributed by atoms with E-state index in [-0.39, 0.29) is 24.1 Å². The molecule has 3 atom stereocenters. The molecule has 1 aromatic heterocycles. The van der Waals surface area contributed by atoms with E-state index in [2.05, 4.69) is 40.6 Å². The smallest absolute Gasteiger partial charge is 0.317 e. The molecule has 3 unspecified atom stereocenters. The third-order valence-corrected chi connectivity index (χ3v) is 6.49. The third-order valence-electron chi connectivity index (χ3n) is 6.49. The van der Waals surface area contributed by atoms with Crippen molar-refractivity contribution in [2.45, 2.75) is 51.3 Å². The van der Waals surface area contributed by atoms with Crippen molar-refractivity contribution < 1.29 is 14.3 Å². The average molecular weight is 399 g/mol. The van der Waals surface area contributed by atoms with Crippen LogP contribution in [0, 0.1) is 0 Å². The number of esters is 1. The van der Waals surface area contributed by atoms with Gasteiger partial charge in [-0.1, -0.05) is 12.1 Å². The van der Waals surface area contributed by atoms with Crippen LogP contribution in [-0.2, 0) is 21.6 Å². The zero-order valence-electron chi connectivity index (χ0n) is 17.6. The first-order valence-corrected chi connectivity index (χ1v) is 10.4. The molecule has 2 N–H and O–H groups in total. The number of hydrogen-bond donors (Lipinski definition) is 2. The second-order valence-electron chi connectivity index (χ2n) is 8.21. The van der Waals surface area contributed by atoms with Gasteiger partial charge in [-0.05, 0) is 38.9 Å². The number of likely N-dealkylation sites (tertiary alicyclic amines) is 1. The molecular weight excluding hydrogens is 368 g/mol. The van der Waals surface area contributed by atoms with Crippen LogP contribution in [-0.4, -0.2) is 65.5 Å². The van der Waals surface area contributed by atoms with Crippen LogP contribution < -0.4 is 5.32 Å². The Morgan fingerprint density at radius 1 is 1.34 bits per heavy atom. The van der Waals surface area contributed by atoms with Crippen LogP contribution in [0.3, 0.4) is 0 Å². The predicted octanol–water partition coefficient (Wildman–Crippen LogP) is 2.61. The Balaban J connectivity index is 1.76. The molecule has 2 amide bonds. The van der Waals surface area contributed by atoms with Gasteiger partial charge in [0.15, 0.2) is 5.60 Å². The maximum atomic E-state index is 12.7. The number of likely N-dealkylation sites (N-methyl/N-ethyl adjacent to an activating group) is 1. The number of carbonyl (C=O) groups is 2. The number of carbonyl (C=O) groups excluding carboxylic acids is 2. The van der Waals surface area contributed by atoms with Gasteiger partial charge in [0.1, 0.15) is 0 Å². The lowest BCUT2D eigenvalue weighted by Gasteiger charge is -2.52. The Hall–Kier alpha value is -2.54. The first-order chi connectivity index (χ1) is 13.9. The number of fused-ring (bicyclic) bond motifs is 2. The standard InChI is InChI=1S/C22H30N4O3/c1-5-26(6-2)21(28)24-16-11-22(29-14(3)27)17-8-7-9-18-20(17)15(12-23-18)10-19(22)25(4)13-16/h7-9,12,16,19,23H,5-6,10-11,13H2,1-4H3,(H,24,28). The molecule has 1 saturated heterocycles. The van der Waals surface area contributed by atoms with Crippen LogP contribution in [0.25, 0.3) is 10.9 Å². The Morgan fingerprint density at radius 3 is 2.79 bits per heavy atom. The van der Waals surface area contributed by atoms with E-state index in [0.29, 0.717) is 19.5 Å². The molecule has 0 radical (unpaired) electrons. The Morgan fingerprint density at radius 2 is 2.10 bits per heavy atom. The molecule has 2 aliphatic rings. The quantitative estimate of drug-likeness (QED) is 0.776. The van der Waals surface area contributed by atoms with Crippen molar-refractivity contribution in [3.8, 4) is 0 Å². The van der Waals surface area contributed by atoms with Gasteiger partial charge in [-0.2, -0.15) is 0 Å². The van der Waals surface area contributed by atoms with Gasteiger partial charge >= 0.3 is 12.0 Å². The maximum absolute atomic E-state index is 12.7. The van der Waals surface area contributed by atoms with Crippen LogP contribution in [0.2, 0.25) is 0 Å². The summed E-state index contributed by atoms with van der Waals surface area (Å²) in [6, 6.07) is 5.97. The maximum Gasteiger partial charge on any atom is 0.317 e. The number of ether oxygens (including phenoxy) is 1. The summed E-state index contributed by atoms with van der Waals surface area (Å²) in [5.74, 6) is -0.296. The van der Waals surface area contributed by atoms with Crippen molar-refractivity contribution in [2.24, 2.45) is 0 Å². The van der Waals surface area contributed by atoms with Crippen molar-refractivity contribution in [1.82, 2.24) is 20.1 Å². The van der Waals surface area contributed by atoms with Gasteiger partial charge in [0.05, 0.1) is 6.04 Å². The van der Waals surface area contributed by atoms with E-state index in [1.165, 1.54) is 12.5 Å². The lowest BCUT2D eigenvalue weighted by Crippen LogP contribution is -2.64. The molecule has 2 heterocycles. The zero-order valence-corrected chi connectivity index (χ0v) is 17.6. The van der Waals surface area contributed by atoms with E-state index in [1.54, 1.807) is 4.90 Å². The minimum Gasteiger partial charge on any atom is -0.453 e. The van der Waals surface area contributed by atoms with E-state index >= 15 is 0 Å². The Kier molecular flexibility index (Phi) is 5.02. The monoisotopic (exact) mass is 398 g/mol. The SMILES string of the molecule is CCN(CC)C(=O)NC1CN(C)C2Cc3c[nH]c4cccc(c34)C2(OC(C)=O)C1. The number of hydrogen-bond acceptors (Lipinski definition) is 4. The number of urea groups is 1. The van der Waals surface area contributed by atoms with Gasteiger partial charge in [-0.25, -0.2) is 4.79 Å². The number of rotatable bonds is 4. The molecule has 2 aromatic rings. The van der Waals surface area contributed by atoms with E-state index in [4.69, 9.17) is 4.74 Å². The molecule has 0 bridgehead atoms. The molecule has 1 fully saturated rings.